The second-order valence-corrected chi connectivity index (χ2v) is 7.43. The summed E-state index contributed by atoms with van der Waals surface area (Å²) in [5.41, 5.74) is 0. The lowest BCUT2D eigenvalue weighted by molar-refractivity contribution is -0.138. The van der Waals surface area contributed by atoms with Crippen LogP contribution in [0.3, 0.4) is 0 Å². The summed E-state index contributed by atoms with van der Waals surface area (Å²) in [4.78, 5) is 21.7. The lowest BCUT2D eigenvalue weighted by atomic mass is 10.1. The third-order valence-electron chi connectivity index (χ3n) is 4.48. The van der Waals surface area contributed by atoms with E-state index in [-0.39, 0.29) is 18.7 Å². The molecule has 0 spiro atoms. The van der Waals surface area contributed by atoms with Gasteiger partial charge in [-0.2, -0.15) is 0 Å². The summed E-state index contributed by atoms with van der Waals surface area (Å²) in [6.45, 7) is 8.34. The van der Waals surface area contributed by atoms with Gasteiger partial charge in [0.2, 0.25) is 5.91 Å². The van der Waals surface area contributed by atoms with Gasteiger partial charge in [-0.1, -0.05) is 39.0 Å². The molecule has 1 amide bonds. The summed E-state index contributed by atoms with van der Waals surface area (Å²) in [6, 6.07) is 0. The van der Waals surface area contributed by atoms with Crippen molar-refractivity contribution < 1.29 is 38.4 Å². The zero-order chi connectivity index (χ0) is 23.5. The van der Waals surface area contributed by atoms with Crippen molar-refractivity contribution in [3.8, 4) is 0 Å². The molecule has 0 rings (SSSR count). The molecule has 9 heteroatoms. The van der Waals surface area contributed by atoms with Crippen LogP contribution >= 0.6 is 0 Å². The Morgan fingerprint density at radius 1 is 0.594 bits per heavy atom. The first-order chi connectivity index (χ1) is 15.7. The number of nitrogens with one attached hydrogen (secondary N) is 1. The molecule has 0 heterocycles. The SMILES string of the molecule is CCCCCCCCOCCOCCOCCOCCOCCCNC(=O)CCC(=O)O. The number of carbonyl (C=O) groups excluding carboxylic acids is 1. The van der Waals surface area contributed by atoms with E-state index in [9.17, 15) is 9.59 Å². The van der Waals surface area contributed by atoms with Crippen molar-refractivity contribution in [3.63, 3.8) is 0 Å². The van der Waals surface area contributed by atoms with Gasteiger partial charge in [0.25, 0.3) is 0 Å². The lowest BCUT2D eigenvalue weighted by Gasteiger charge is -2.08. The van der Waals surface area contributed by atoms with Gasteiger partial charge in [-0.15, -0.1) is 0 Å². The fraction of sp³-hybridized carbons (Fsp3) is 0.913. The Balaban J connectivity index is 3.08. The summed E-state index contributed by atoms with van der Waals surface area (Å²) in [5, 5.41) is 11.1. The molecule has 0 aromatic carbocycles. The molecule has 0 bridgehead atoms. The average molecular weight is 464 g/mol. The van der Waals surface area contributed by atoms with Crippen LogP contribution < -0.4 is 5.32 Å². The van der Waals surface area contributed by atoms with Crippen molar-refractivity contribution in [3.05, 3.63) is 0 Å². The number of ether oxygens (including phenoxy) is 5. The van der Waals surface area contributed by atoms with Gasteiger partial charge in [-0.05, 0) is 12.8 Å². The summed E-state index contributed by atoms with van der Waals surface area (Å²) >= 11 is 0. The quantitative estimate of drug-likeness (QED) is 0.188. The van der Waals surface area contributed by atoms with Crippen LogP contribution in [-0.4, -0.2) is 89.6 Å². The van der Waals surface area contributed by atoms with Gasteiger partial charge in [0.1, 0.15) is 0 Å². The van der Waals surface area contributed by atoms with Crippen LogP contribution in [0.5, 0.6) is 0 Å². The molecule has 0 aromatic rings. The highest BCUT2D eigenvalue weighted by atomic mass is 16.6. The van der Waals surface area contributed by atoms with Crippen molar-refractivity contribution in [1.82, 2.24) is 5.32 Å². The first kappa shape index (κ1) is 30.7. The van der Waals surface area contributed by atoms with Crippen LogP contribution in [0.4, 0.5) is 0 Å². The zero-order valence-corrected chi connectivity index (χ0v) is 19.9. The van der Waals surface area contributed by atoms with E-state index >= 15 is 0 Å². The Hall–Kier alpha value is -1.26. The zero-order valence-electron chi connectivity index (χ0n) is 19.9. The number of carboxylic acid groups (broad SMARTS) is 1. The van der Waals surface area contributed by atoms with E-state index in [1.165, 1.54) is 32.1 Å². The Bertz CT molecular complexity index is 423. The van der Waals surface area contributed by atoms with Gasteiger partial charge in [0.15, 0.2) is 0 Å². The minimum Gasteiger partial charge on any atom is -0.481 e. The van der Waals surface area contributed by atoms with E-state index in [1.807, 2.05) is 0 Å². The molecule has 9 nitrogen and oxygen atoms in total. The molecule has 2 N–H and O–H groups in total. The Morgan fingerprint density at radius 2 is 1.03 bits per heavy atom. The molecule has 0 saturated carbocycles. The molecule has 0 unspecified atom stereocenters. The number of hydrogen-bond donors (Lipinski definition) is 2. The topological polar surface area (TPSA) is 113 Å². The number of carbonyl (C=O) groups is 2. The predicted molar refractivity (Wildman–Crippen MR) is 122 cm³/mol. The standard InChI is InChI=1S/C23H45NO8/c1-2-3-4-5-6-7-12-28-14-16-30-18-20-32-21-19-31-17-15-29-13-8-11-24-22(25)9-10-23(26)27/h2-21H2,1H3,(H,24,25)(H,26,27). The number of rotatable bonds is 26. The third kappa shape index (κ3) is 26.8. The van der Waals surface area contributed by atoms with E-state index in [0.717, 1.165) is 13.0 Å². The molecule has 0 fully saturated rings. The monoisotopic (exact) mass is 463 g/mol. The maximum atomic E-state index is 11.3. The summed E-state index contributed by atoms with van der Waals surface area (Å²) < 4.78 is 27.3. The summed E-state index contributed by atoms with van der Waals surface area (Å²) in [7, 11) is 0. The normalized spacial score (nSPS) is 11.0. The molecule has 0 radical (unpaired) electrons. The molecule has 0 atom stereocenters. The number of aliphatic carboxylic acids is 1. The van der Waals surface area contributed by atoms with Crippen LogP contribution in [0.2, 0.25) is 0 Å². The van der Waals surface area contributed by atoms with Gasteiger partial charge in [0.05, 0.1) is 59.3 Å². The Morgan fingerprint density at radius 3 is 1.53 bits per heavy atom. The number of amides is 1. The van der Waals surface area contributed by atoms with Gasteiger partial charge < -0.3 is 34.1 Å². The Kier molecular flexibility index (Phi) is 25.0. The van der Waals surface area contributed by atoms with Gasteiger partial charge in [-0.3, -0.25) is 9.59 Å². The first-order valence-corrected chi connectivity index (χ1v) is 12.0. The maximum absolute atomic E-state index is 11.3. The van der Waals surface area contributed by atoms with Crippen LogP contribution in [-0.2, 0) is 33.3 Å². The fourth-order valence-corrected chi connectivity index (χ4v) is 2.68. The van der Waals surface area contributed by atoms with Gasteiger partial charge in [0, 0.05) is 26.2 Å². The number of carboxylic acids is 1. The highest BCUT2D eigenvalue weighted by molar-refractivity contribution is 5.80. The van der Waals surface area contributed by atoms with Crippen LogP contribution in [0, 0.1) is 0 Å². The molecule has 0 aromatic heterocycles. The smallest absolute Gasteiger partial charge is 0.303 e. The number of unbranched alkanes of at least 4 members (excludes halogenated alkanes) is 5. The second kappa shape index (κ2) is 26.0. The van der Waals surface area contributed by atoms with Crippen LogP contribution in [0.15, 0.2) is 0 Å². The average Bonchev–Trinajstić information content (AvgIpc) is 2.78. The van der Waals surface area contributed by atoms with Crippen LogP contribution in [0.25, 0.3) is 0 Å². The highest BCUT2D eigenvalue weighted by Crippen LogP contribution is 2.04. The van der Waals surface area contributed by atoms with Crippen molar-refractivity contribution in [2.75, 3.05) is 72.6 Å². The largest absolute Gasteiger partial charge is 0.481 e. The van der Waals surface area contributed by atoms with Crippen molar-refractivity contribution in [2.45, 2.75) is 64.7 Å². The van der Waals surface area contributed by atoms with Crippen molar-refractivity contribution in [2.24, 2.45) is 0 Å². The van der Waals surface area contributed by atoms with E-state index in [4.69, 9.17) is 28.8 Å². The molecular weight excluding hydrogens is 418 g/mol. The fourth-order valence-electron chi connectivity index (χ4n) is 2.68. The van der Waals surface area contributed by atoms with Gasteiger partial charge in [-0.25, -0.2) is 0 Å². The maximum Gasteiger partial charge on any atom is 0.303 e. The van der Waals surface area contributed by atoms with E-state index < -0.39 is 5.97 Å². The predicted octanol–water partition coefficient (Wildman–Crippen LogP) is 2.80. The molecule has 190 valence electrons. The minimum absolute atomic E-state index is 0.00590. The molecule has 0 aliphatic rings. The molecule has 0 saturated heterocycles. The van der Waals surface area contributed by atoms with E-state index in [0.29, 0.717) is 72.4 Å². The first-order valence-electron chi connectivity index (χ1n) is 12.0. The molecular formula is C23H45NO8. The molecule has 32 heavy (non-hydrogen) atoms. The number of hydrogen-bond acceptors (Lipinski definition) is 7. The molecule has 0 aliphatic heterocycles. The van der Waals surface area contributed by atoms with E-state index in [1.54, 1.807) is 0 Å². The Labute approximate surface area is 193 Å². The third-order valence-corrected chi connectivity index (χ3v) is 4.48. The van der Waals surface area contributed by atoms with Crippen molar-refractivity contribution >= 4 is 11.9 Å². The summed E-state index contributed by atoms with van der Waals surface area (Å²) in [6.07, 6.45) is 8.17. The summed E-state index contributed by atoms with van der Waals surface area (Å²) in [5.74, 6) is -1.22. The van der Waals surface area contributed by atoms with Gasteiger partial charge >= 0.3 is 5.97 Å². The highest BCUT2D eigenvalue weighted by Gasteiger charge is 2.04. The van der Waals surface area contributed by atoms with Crippen LogP contribution in [0.1, 0.15) is 64.7 Å². The second-order valence-electron chi connectivity index (χ2n) is 7.43. The van der Waals surface area contributed by atoms with E-state index in [2.05, 4.69) is 12.2 Å². The minimum atomic E-state index is -0.971. The van der Waals surface area contributed by atoms with Crippen molar-refractivity contribution in [1.29, 1.82) is 0 Å². The lowest BCUT2D eigenvalue weighted by Crippen LogP contribution is -2.25. The molecule has 0 aliphatic carbocycles.